The zero-order chi connectivity index (χ0) is 23.0. The number of hydrogen-bond donors (Lipinski definition) is 2. The van der Waals surface area contributed by atoms with Gasteiger partial charge in [-0.2, -0.15) is 0 Å². The average Bonchev–Trinajstić information content (AvgIpc) is 2.73. The maximum atomic E-state index is 12.9. The Morgan fingerprint density at radius 3 is 2.32 bits per heavy atom. The second-order valence-electron chi connectivity index (χ2n) is 7.92. The highest BCUT2D eigenvalue weighted by Gasteiger charge is 2.28. The molecule has 0 aliphatic rings. The number of carbonyl (C=O) groups is 3. The third kappa shape index (κ3) is 7.13. The van der Waals surface area contributed by atoms with Crippen LogP contribution < -0.4 is 10.6 Å². The number of benzene rings is 2. The molecule has 31 heavy (non-hydrogen) atoms. The van der Waals surface area contributed by atoms with Crippen LogP contribution >= 0.6 is 0 Å². The molecule has 0 aromatic heterocycles. The molecule has 2 aromatic carbocycles. The van der Waals surface area contributed by atoms with Gasteiger partial charge in [-0.05, 0) is 42.5 Å². The van der Waals surface area contributed by atoms with E-state index in [-0.39, 0.29) is 30.9 Å². The van der Waals surface area contributed by atoms with Crippen LogP contribution in [0.1, 0.15) is 30.5 Å². The number of amides is 3. The van der Waals surface area contributed by atoms with Gasteiger partial charge in [-0.1, -0.05) is 56.3 Å². The highest BCUT2D eigenvalue weighted by molar-refractivity contribution is 5.96. The third-order valence-corrected chi connectivity index (χ3v) is 5.05. The predicted molar refractivity (Wildman–Crippen MR) is 121 cm³/mol. The quantitative estimate of drug-likeness (QED) is 0.676. The molecule has 166 valence electrons. The molecule has 0 saturated heterocycles. The van der Waals surface area contributed by atoms with E-state index in [1.165, 1.54) is 11.9 Å². The molecule has 0 bridgehead atoms. The van der Waals surface area contributed by atoms with E-state index in [1.807, 2.05) is 76.2 Å². The zero-order valence-electron chi connectivity index (χ0n) is 18.8. The second kappa shape index (κ2) is 11.2. The van der Waals surface area contributed by atoms with Crippen molar-refractivity contribution in [2.24, 2.45) is 5.92 Å². The number of nitrogens with one attached hydrogen (secondary N) is 2. The number of aryl methyl sites for hydroxylation is 1. The number of hydrogen-bond acceptors (Lipinski definition) is 4. The van der Waals surface area contributed by atoms with Gasteiger partial charge in [-0.25, -0.2) is 4.79 Å². The molecule has 0 saturated carbocycles. The van der Waals surface area contributed by atoms with Crippen LogP contribution in [0.2, 0.25) is 0 Å². The van der Waals surface area contributed by atoms with E-state index < -0.39 is 12.1 Å². The fourth-order valence-electron chi connectivity index (χ4n) is 3.01. The van der Waals surface area contributed by atoms with Crippen molar-refractivity contribution in [2.45, 2.75) is 40.3 Å². The monoisotopic (exact) mass is 425 g/mol. The second-order valence-corrected chi connectivity index (χ2v) is 7.92. The Morgan fingerprint density at radius 2 is 1.68 bits per heavy atom. The summed E-state index contributed by atoms with van der Waals surface area (Å²) in [4.78, 5) is 38.8. The summed E-state index contributed by atoms with van der Waals surface area (Å²) in [5.41, 5.74) is 3.62. The van der Waals surface area contributed by atoms with Gasteiger partial charge >= 0.3 is 6.09 Å². The van der Waals surface area contributed by atoms with Crippen LogP contribution in [0.3, 0.4) is 0 Å². The summed E-state index contributed by atoms with van der Waals surface area (Å²) in [6.07, 6.45) is -0.677. The van der Waals surface area contributed by atoms with Crippen LogP contribution in [0.25, 0.3) is 0 Å². The van der Waals surface area contributed by atoms with Crippen molar-refractivity contribution in [3.63, 3.8) is 0 Å². The van der Waals surface area contributed by atoms with E-state index in [1.54, 1.807) is 0 Å². The van der Waals surface area contributed by atoms with Gasteiger partial charge in [0.05, 0.1) is 6.54 Å². The molecular formula is C24H31N3O4. The van der Waals surface area contributed by atoms with Crippen LogP contribution in [0, 0.1) is 19.8 Å². The summed E-state index contributed by atoms with van der Waals surface area (Å²) in [5.74, 6) is -0.845. The Hall–Kier alpha value is -3.35. The molecule has 0 heterocycles. The van der Waals surface area contributed by atoms with E-state index in [9.17, 15) is 14.4 Å². The number of likely N-dealkylation sites (N-methyl/N-ethyl adjacent to an activating group) is 1. The van der Waals surface area contributed by atoms with Gasteiger partial charge in [0.2, 0.25) is 11.8 Å². The molecule has 2 aromatic rings. The Labute approximate surface area is 183 Å². The van der Waals surface area contributed by atoms with Crippen LogP contribution in [-0.4, -0.2) is 42.4 Å². The van der Waals surface area contributed by atoms with Crippen molar-refractivity contribution in [1.29, 1.82) is 0 Å². The molecule has 0 fully saturated rings. The van der Waals surface area contributed by atoms with Gasteiger partial charge in [0, 0.05) is 12.7 Å². The number of ether oxygens (including phenoxy) is 1. The van der Waals surface area contributed by atoms with E-state index in [0.717, 1.165) is 16.7 Å². The van der Waals surface area contributed by atoms with Crippen LogP contribution in [0.15, 0.2) is 48.5 Å². The van der Waals surface area contributed by atoms with Gasteiger partial charge in [-0.3, -0.25) is 9.59 Å². The number of rotatable bonds is 8. The topological polar surface area (TPSA) is 87.7 Å². The summed E-state index contributed by atoms with van der Waals surface area (Å²) >= 11 is 0. The van der Waals surface area contributed by atoms with Crippen molar-refractivity contribution >= 4 is 23.6 Å². The molecule has 1 atom stereocenters. The largest absolute Gasteiger partial charge is 0.445 e. The SMILES string of the molecule is Cc1cccc(NC(=O)CN(C)C(=O)[C@@H](NC(=O)OCc2ccccc2)C(C)C)c1C. The van der Waals surface area contributed by atoms with Crippen molar-refractivity contribution in [3.05, 3.63) is 65.2 Å². The van der Waals surface area contributed by atoms with E-state index in [0.29, 0.717) is 5.69 Å². The lowest BCUT2D eigenvalue weighted by atomic mass is 10.0. The van der Waals surface area contributed by atoms with Crippen LogP contribution in [0.5, 0.6) is 0 Å². The first kappa shape index (κ1) is 23.9. The molecule has 0 radical (unpaired) electrons. The summed E-state index contributed by atoms with van der Waals surface area (Å²) < 4.78 is 5.22. The molecule has 2 N–H and O–H groups in total. The summed E-state index contributed by atoms with van der Waals surface area (Å²) in [5, 5.41) is 5.46. The number of anilines is 1. The first-order valence-electron chi connectivity index (χ1n) is 10.3. The molecule has 0 spiro atoms. The molecule has 0 aliphatic carbocycles. The van der Waals surface area contributed by atoms with Gasteiger partial charge in [0.15, 0.2) is 0 Å². The smallest absolute Gasteiger partial charge is 0.408 e. The lowest BCUT2D eigenvalue weighted by molar-refractivity contribution is -0.136. The van der Waals surface area contributed by atoms with Gasteiger partial charge in [0.1, 0.15) is 12.6 Å². The van der Waals surface area contributed by atoms with Crippen molar-refractivity contribution in [1.82, 2.24) is 10.2 Å². The summed E-state index contributed by atoms with van der Waals surface area (Å²) in [6.45, 7) is 7.53. The van der Waals surface area contributed by atoms with Crippen LogP contribution in [0.4, 0.5) is 10.5 Å². The van der Waals surface area contributed by atoms with E-state index >= 15 is 0 Å². The van der Waals surface area contributed by atoms with Gasteiger partial charge < -0.3 is 20.3 Å². The van der Waals surface area contributed by atoms with Crippen molar-refractivity contribution in [2.75, 3.05) is 18.9 Å². The number of carbonyl (C=O) groups excluding carboxylic acids is 3. The van der Waals surface area contributed by atoms with Crippen molar-refractivity contribution < 1.29 is 19.1 Å². The normalized spacial score (nSPS) is 11.5. The molecule has 0 aliphatic heterocycles. The maximum absolute atomic E-state index is 12.9. The average molecular weight is 426 g/mol. The molecule has 7 nitrogen and oxygen atoms in total. The Morgan fingerprint density at radius 1 is 1.00 bits per heavy atom. The summed E-state index contributed by atoms with van der Waals surface area (Å²) in [6, 6.07) is 14.1. The minimum atomic E-state index is -0.804. The fourth-order valence-corrected chi connectivity index (χ4v) is 3.01. The Bertz CT molecular complexity index is 912. The minimum absolute atomic E-state index is 0.111. The van der Waals surface area contributed by atoms with Crippen LogP contribution in [-0.2, 0) is 20.9 Å². The fraction of sp³-hybridized carbons (Fsp3) is 0.375. The Balaban J connectivity index is 1.92. The lowest BCUT2D eigenvalue weighted by Crippen LogP contribution is -2.51. The molecule has 7 heteroatoms. The zero-order valence-corrected chi connectivity index (χ0v) is 18.8. The first-order chi connectivity index (χ1) is 14.7. The van der Waals surface area contributed by atoms with Gasteiger partial charge in [0.25, 0.3) is 0 Å². The van der Waals surface area contributed by atoms with Gasteiger partial charge in [-0.15, -0.1) is 0 Å². The minimum Gasteiger partial charge on any atom is -0.445 e. The highest BCUT2D eigenvalue weighted by atomic mass is 16.5. The number of nitrogens with zero attached hydrogens (tertiary/aromatic N) is 1. The molecular weight excluding hydrogens is 394 g/mol. The molecule has 3 amide bonds. The maximum Gasteiger partial charge on any atom is 0.408 e. The lowest BCUT2D eigenvalue weighted by Gasteiger charge is -2.26. The first-order valence-corrected chi connectivity index (χ1v) is 10.3. The Kier molecular flexibility index (Phi) is 8.61. The van der Waals surface area contributed by atoms with Crippen molar-refractivity contribution in [3.8, 4) is 0 Å². The predicted octanol–water partition coefficient (Wildman–Crippen LogP) is 3.65. The third-order valence-electron chi connectivity index (χ3n) is 5.05. The molecule has 2 rings (SSSR count). The molecule has 0 unspecified atom stereocenters. The summed E-state index contributed by atoms with van der Waals surface area (Å²) in [7, 11) is 1.54. The number of alkyl carbamates (subject to hydrolysis) is 1. The van der Waals surface area contributed by atoms with E-state index in [4.69, 9.17) is 4.74 Å². The standard InChI is InChI=1S/C24H31N3O4/c1-16(2)22(26-24(30)31-15-19-11-7-6-8-12-19)23(29)27(5)14-21(28)25-20-13-9-10-17(3)18(20)4/h6-13,16,22H,14-15H2,1-5H3,(H,25,28)(H,26,30)/t22-/m0/s1. The highest BCUT2D eigenvalue weighted by Crippen LogP contribution is 2.18. The van der Waals surface area contributed by atoms with E-state index in [2.05, 4.69) is 10.6 Å².